The number of nitrogens with one attached hydrogen (secondary N) is 3. The molecule has 3 aromatic rings. The minimum Gasteiger partial charge on any atom is -0.453 e. The van der Waals surface area contributed by atoms with Gasteiger partial charge in [-0.2, -0.15) is 0 Å². The van der Waals surface area contributed by atoms with Crippen molar-refractivity contribution in [1.82, 2.24) is 24.6 Å². The fourth-order valence-electron chi connectivity index (χ4n) is 3.78. The van der Waals surface area contributed by atoms with E-state index >= 15 is 4.39 Å². The second kappa shape index (κ2) is 12.1. The van der Waals surface area contributed by atoms with Crippen LogP contribution in [0, 0.1) is 5.82 Å². The van der Waals surface area contributed by atoms with Gasteiger partial charge in [0.1, 0.15) is 0 Å². The molecule has 38 heavy (non-hydrogen) atoms. The van der Waals surface area contributed by atoms with Crippen LogP contribution in [0.3, 0.4) is 0 Å². The number of hydrogen-bond donors (Lipinski definition) is 3. The van der Waals surface area contributed by atoms with Gasteiger partial charge in [0, 0.05) is 43.4 Å². The van der Waals surface area contributed by atoms with Crippen molar-refractivity contribution in [2.45, 2.75) is 39.0 Å². The smallest absolute Gasteiger partial charge is 0.406 e. The van der Waals surface area contributed by atoms with Crippen LogP contribution in [0.15, 0.2) is 30.5 Å². The summed E-state index contributed by atoms with van der Waals surface area (Å²) in [5.41, 5.74) is 1.24. The van der Waals surface area contributed by atoms with Crippen molar-refractivity contribution >= 4 is 40.2 Å². The molecule has 1 unspecified atom stereocenters. The van der Waals surface area contributed by atoms with Crippen molar-refractivity contribution in [3.63, 3.8) is 0 Å². The van der Waals surface area contributed by atoms with Crippen LogP contribution in [0.5, 0.6) is 0 Å². The number of benzene rings is 1. The molecule has 204 valence electrons. The van der Waals surface area contributed by atoms with E-state index in [0.717, 1.165) is 30.9 Å². The molecule has 1 aliphatic rings. The molecule has 4 rings (SSSR count). The highest BCUT2D eigenvalue weighted by atomic mass is 32.2. The molecule has 1 atom stereocenters. The van der Waals surface area contributed by atoms with E-state index in [-0.39, 0.29) is 11.1 Å². The largest absolute Gasteiger partial charge is 0.453 e. The zero-order chi connectivity index (χ0) is 27.3. The summed E-state index contributed by atoms with van der Waals surface area (Å²) in [7, 11) is 1.30. The molecule has 1 aromatic carbocycles. The van der Waals surface area contributed by atoms with E-state index in [2.05, 4.69) is 30.1 Å². The van der Waals surface area contributed by atoms with Gasteiger partial charge in [0.25, 0.3) is 0 Å². The van der Waals surface area contributed by atoms with E-state index in [9.17, 15) is 9.00 Å². The molecule has 1 aliphatic heterocycles. The third kappa shape index (κ3) is 6.63. The van der Waals surface area contributed by atoms with E-state index in [4.69, 9.17) is 4.98 Å². The summed E-state index contributed by atoms with van der Waals surface area (Å²) in [6, 6.07) is 6.73. The van der Waals surface area contributed by atoms with E-state index in [1.54, 1.807) is 34.8 Å². The highest BCUT2D eigenvalue weighted by Crippen LogP contribution is 2.41. The Morgan fingerprint density at radius 1 is 1.18 bits per heavy atom. The van der Waals surface area contributed by atoms with Crippen molar-refractivity contribution in [3.05, 3.63) is 41.3 Å². The second-order valence-corrected chi connectivity index (χ2v) is 11.9. The lowest BCUT2D eigenvalue weighted by Gasteiger charge is -2.16. The Morgan fingerprint density at radius 2 is 1.95 bits per heavy atom. The number of carbonyl (C=O) groups is 1. The number of nitrogens with zero attached hydrogens (tertiary/aromatic N) is 4. The van der Waals surface area contributed by atoms with Crippen LogP contribution in [0.25, 0.3) is 21.8 Å². The number of hydrogen-bond acceptors (Lipinski definition) is 8. The van der Waals surface area contributed by atoms with Crippen molar-refractivity contribution in [1.29, 1.82) is 0 Å². The molecule has 1 amide bonds. The Labute approximate surface area is 228 Å². The first-order valence-corrected chi connectivity index (χ1v) is 14.2. The lowest BCUT2D eigenvalue weighted by molar-refractivity contribution is 0.171. The van der Waals surface area contributed by atoms with Gasteiger partial charge in [-0.15, -0.1) is 11.3 Å². The lowest BCUT2D eigenvalue weighted by atomic mass is 9.98. The predicted octanol–water partition coefficient (Wildman–Crippen LogP) is 4.56. The van der Waals surface area contributed by atoms with Gasteiger partial charge in [0.05, 0.1) is 34.1 Å². The summed E-state index contributed by atoms with van der Waals surface area (Å²) in [5, 5.41) is 6.48. The number of halogens is 1. The number of ether oxygens (including phenoxy) is 1. The molecule has 0 radical (unpaired) electrons. The van der Waals surface area contributed by atoms with Gasteiger partial charge in [0.2, 0.25) is 5.95 Å². The lowest BCUT2D eigenvalue weighted by Crippen LogP contribution is -2.28. The summed E-state index contributed by atoms with van der Waals surface area (Å²) in [4.78, 5) is 25.7. The standard InChI is InChI=1S/C25H32FN7O3S2/c1-25(2,3)22-31-20(16-8-7-9-17(19(16)26)32-38(35)33-14-5-6-15-33)21(37-22)18-10-11-27-23(30-18)28-12-13-29-24(34)36-4/h7-11,32H,5-6,12-15H2,1-4H3,(H,29,34)(H,27,28,30). The Kier molecular flexibility index (Phi) is 8.90. The minimum absolute atomic E-state index is 0.159. The van der Waals surface area contributed by atoms with Gasteiger partial charge in [-0.3, -0.25) is 4.72 Å². The van der Waals surface area contributed by atoms with E-state index in [1.165, 1.54) is 18.4 Å². The molecular formula is C25H32FN7O3S2. The summed E-state index contributed by atoms with van der Waals surface area (Å²) in [6.07, 6.45) is 3.05. The highest BCUT2D eigenvalue weighted by molar-refractivity contribution is 7.84. The van der Waals surface area contributed by atoms with Gasteiger partial charge in [-0.1, -0.05) is 26.8 Å². The minimum atomic E-state index is -1.52. The Bertz CT molecular complexity index is 1310. The number of alkyl carbamates (subject to hydrolysis) is 1. The predicted molar refractivity (Wildman–Crippen MR) is 149 cm³/mol. The number of aromatic nitrogens is 3. The van der Waals surface area contributed by atoms with Crippen LogP contribution in [0.4, 0.5) is 20.8 Å². The number of carbonyl (C=O) groups excluding carboxylic acids is 1. The third-order valence-corrected chi connectivity index (χ3v) is 8.50. The molecule has 1 fully saturated rings. The Morgan fingerprint density at radius 3 is 2.66 bits per heavy atom. The molecule has 0 spiro atoms. The van der Waals surface area contributed by atoms with Crippen molar-refractivity contribution < 1.29 is 18.1 Å². The number of anilines is 2. The maximum absolute atomic E-state index is 15.8. The maximum atomic E-state index is 15.8. The third-order valence-electron chi connectivity index (χ3n) is 5.77. The summed E-state index contributed by atoms with van der Waals surface area (Å²) < 4.78 is 37.8. The van der Waals surface area contributed by atoms with Crippen molar-refractivity contribution in [3.8, 4) is 21.8 Å². The van der Waals surface area contributed by atoms with Gasteiger partial charge >= 0.3 is 6.09 Å². The molecule has 10 nitrogen and oxygen atoms in total. The van der Waals surface area contributed by atoms with Crippen LogP contribution < -0.4 is 15.4 Å². The molecule has 13 heteroatoms. The first kappa shape index (κ1) is 27.9. The van der Waals surface area contributed by atoms with Crippen LogP contribution in [0.1, 0.15) is 38.6 Å². The van der Waals surface area contributed by atoms with Gasteiger partial charge in [-0.05, 0) is 31.0 Å². The molecule has 0 bridgehead atoms. The van der Waals surface area contributed by atoms with Crippen molar-refractivity contribution in [2.75, 3.05) is 43.3 Å². The average molecular weight is 562 g/mol. The average Bonchev–Trinajstić information content (AvgIpc) is 3.59. The molecular weight excluding hydrogens is 529 g/mol. The monoisotopic (exact) mass is 561 g/mol. The summed E-state index contributed by atoms with van der Waals surface area (Å²) >= 11 is -0.0708. The van der Waals surface area contributed by atoms with E-state index < -0.39 is 23.1 Å². The van der Waals surface area contributed by atoms with Crippen LogP contribution in [-0.2, 0) is 21.3 Å². The number of methoxy groups -OCH3 is 1. The maximum Gasteiger partial charge on any atom is 0.406 e. The quantitative estimate of drug-likeness (QED) is 0.328. The van der Waals surface area contributed by atoms with Crippen LogP contribution >= 0.6 is 11.3 Å². The zero-order valence-corrected chi connectivity index (χ0v) is 23.5. The normalized spacial score (nSPS) is 14.8. The molecule has 0 aliphatic carbocycles. The topological polar surface area (TPSA) is 121 Å². The van der Waals surface area contributed by atoms with Crippen LogP contribution in [0.2, 0.25) is 0 Å². The Hall–Kier alpha value is -3.16. The SMILES string of the molecule is COC(=O)NCCNc1nccc(-c2sc(C(C)(C)C)nc2-c2cccc(NS(=O)N3CCCC3)c2F)n1. The van der Waals surface area contributed by atoms with E-state index in [1.807, 2.05) is 20.8 Å². The number of thiazole rings is 1. The molecule has 1 saturated heterocycles. The van der Waals surface area contributed by atoms with E-state index in [0.29, 0.717) is 40.9 Å². The molecule has 2 aromatic heterocycles. The van der Waals surface area contributed by atoms with Gasteiger partial charge < -0.3 is 15.4 Å². The first-order chi connectivity index (χ1) is 18.2. The summed E-state index contributed by atoms with van der Waals surface area (Å²) in [5.74, 6) is -0.156. The first-order valence-electron chi connectivity index (χ1n) is 12.3. The zero-order valence-electron chi connectivity index (χ0n) is 21.8. The highest BCUT2D eigenvalue weighted by Gasteiger charge is 2.27. The number of amides is 1. The van der Waals surface area contributed by atoms with Gasteiger partial charge in [0.15, 0.2) is 17.0 Å². The number of rotatable bonds is 9. The molecule has 0 saturated carbocycles. The van der Waals surface area contributed by atoms with Crippen LogP contribution in [-0.4, -0.2) is 62.8 Å². The Balaban J connectivity index is 1.65. The van der Waals surface area contributed by atoms with Gasteiger partial charge in [-0.25, -0.2) is 32.7 Å². The fraction of sp³-hybridized carbons (Fsp3) is 0.440. The molecule has 3 N–H and O–H groups in total. The second-order valence-electron chi connectivity index (χ2n) is 9.71. The summed E-state index contributed by atoms with van der Waals surface area (Å²) in [6.45, 7) is 8.29. The fourth-order valence-corrected chi connectivity index (χ4v) is 5.96. The van der Waals surface area contributed by atoms with Crippen molar-refractivity contribution in [2.24, 2.45) is 0 Å². The molecule has 3 heterocycles.